The van der Waals surface area contributed by atoms with Crippen LogP contribution < -0.4 is 4.90 Å². The molecule has 3 amide bonds. The number of halogens is 1. The summed E-state index contributed by atoms with van der Waals surface area (Å²) in [7, 11) is 0. The Bertz CT molecular complexity index is 926. The van der Waals surface area contributed by atoms with Gasteiger partial charge in [0.1, 0.15) is 6.04 Å². The SMILES string of the molecule is O=C1CC(N(Cc2cccnc2)C(=O)C2CCCCC2)C(=O)N1c1ccc(Cl)cc1. The molecule has 1 aliphatic heterocycles. The van der Waals surface area contributed by atoms with E-state index < -0.39 is 6.04 Å². The van der Waals surface area contributed by atoms with Crippen LogP contribution >= 0.6 is 11.6 Å². The molecule has 0 spiro atoms. The third-order valence-electron chi connectivity index (χ3n) is 5.90. The van der Waals surface area contributed by atoms with Gasteiger partial charge in [-0.15, -0.1) is 0 Å². The van der Waals surface area contributed by atoms with E-state index in [9.17, 15) is 14.4 Å². The molecule has 2 aromatic rings. The molecule has 1 unspecified atom stereocenters. The van der Waals surface area contributed by atoms with E-state index in [-0.39, 0.29) is 36.6 Å². The van der Waals surface area contributed by atoms with Crippen molar-refractivity contribution in [1.29, 1.82) is 0 Å². The molecule has 6 nitrogen and oxygen atoms in total. The molecular formula is C23H24ClN3O3. The third kappa shape index (κ3) is 4.24. The van der Waals surface area contributed by atoms with E-state index >= 15 is 0 Å². The van der Waals surface area contributed by atoms with Gasteiger partial charge in [0.05, 0.1) is 12.1 Å². The summed E-state index contributed by atoms with van der Waals surface area (Å²) in [6.45, 7) is 0.265. The fourth-order valence-corrected chi connectivity index (χ4v) is 4.46. The Morgan fingerprint density at radius 2 is 1.83 bits per heavy atom. The maximum atomic E-state index is 13.4. The van der Waals surface area contributed by atoms with Crippen LogP contribution in [0.2, 0.25) is 5.02 Å². The van der Waals surface area contributed by atoms with Crippen LogP contribution in [-0.4, -0.2) is 33.6 Å². The van der Waals surface area contributed by atoms with Crippen molar-refractivity contribution in [3.63, 3.8) is 0 Å². The van der Waals surface area contributed by atoms with Crippen molar-refractivity contribution in [3.8, 4) is 0 Å². The highest BCUT2D eigenvalue weighted by Crippen LogP contribution is 2.31. The summed E-state index contributed by atoms with van der Waals surface area (Å²) < 4.78 is 0. The van der Waals surface area contributed by atoms with Crippen molar-refractivity contribution in [2.45, 2.75) is 51.1 Å². The fourth-order valence-electron chi connectivity index (χ4n) is 4.33. The van der Waals surface area contributed by atoms with Crippen LogP contribution in [0.3, 0.4) is 0 Å². The number of carbonyl (C=O) groups excluding carboxylic acids is 3. The van der Waals surface area contributed by atoms with Crippen LogP contribution in [0.15, 0.2) is 48.8 Å². The van der Waals surface area contributed by atoms with Crippen molar-refractivity contribution in [3.05, 3.63) is 59.4 Å². The molecule has 0 N–H and O–H groups in total. The first kappa shape index (κ1) is 20.5. The normalized spacial score (nSPS) is 19.9. The zero-order valence-electron chi connectivity index (χ0n) is 16.7. The van der Waals surface area contributed by atoms with Crippen LogP contribution in [0.1, 0.15) is 44.1 Å². The molecule has 1 saturated carbocycles. The van der Waals surface area contributed by atoms with Gasteiger partial charge in [0.25, 0.3) is 5.91 Å². The molecule has 2 heterocycles. The van der Waals surface area contributed by atoms with Crippen molar-refractivity contribution in [2.24, 2.45) is 5.92 Å². The van der Waals surface area contributed by atoms with Crippen LogP contribution in [0.4, 0.5) is 5.69 Å². The molecule has 2 aliphatic rings. The third-order valence-corrected chi connectivity index (χ3v) is 6.15. The van der Waals surface area contributed by atoms with E-state index in [0.29, 0.717) is 10.7 Å². The van der Waals surface area contributed by atoms with Gasteiger partial charge in [-0.2, -0.15) is 0 Å². The minimum atomic E-state index is -0.803. The number of aromatic nitrogens is 1. The topological polar surface area (TPSA) is 70.6 Å². The van der Waals surface area contributed by atoms with Crippen LogP contribution in [0.5, 0.6) is 0 Å². The fraction of sp³-hybridized carbons (Fsp3) is 0.391. The molecule has 0 radical (unpaired) electrons. The predicted octanol–water partition coefficient (Wildman–Crippen LogP) is 3.98. The minimum Gasteiger partial charge on any atom is -0.325 e. The lowest BCUT2D eigenvalue weighted by atomic mass is 9.87. The van der Waals surface area contributed by atoms with Crippen molar-refractivity contribution in [1.82, 2.24) is 9.88 Å². The Labute approximate surface area is 180 Å². The molecule has 1 saturated heterocycles. The summed E-state index contributed by atoms with van der Waals surface area (Å²) in [6.07, 6.45) is 8.19. The van der Waals surface area contributed by atoms with E-state index in [1.165, 1.54) is 4.90 Å². The van der Waals surface area contributed by atoms with Crippen molar-refractivity contribution < 1.29 is 14.4 Å². The van der Waals surface area contributed by atoms with Crippen molar-refractivity contribution in [2.75, 3.05) is 4.90 Å². The van der Waals surface area contributed by atoms with Gasteiger partial charge in [0.15, 0.2) is 0 Å². The lowest BCUT2D eigenvalue weighted by Gasteiger charge is -2.32. The zero-order chi connectivity index (χ0) is 21.1. The summed E-state index contributed by atoms with van der Waals surface area (Å²) in [5.74, 6) is -0.805. The summed E-state index contributed by atoms with van der Waals surface area (Å²) in [6, 6.07) is 9.47. The number of hydrogen-bond donors (Lipinski definition) is 0. The van der Waals surface area contributed by atoms with E-state index in [1.54, 1.807) is 47.6 Å². The van der Waals surface area contributed by atoms with Gasteiger partial charge in [-0.25, -0.2) is 4.90 Å². The average Bonchev–Trinajstić information content (AvgIpc) is 3.07. The molecule has 30 heavy (non-hydrogen) atoms. The number of anilines is 1. The largest absolute Gasteiger partial charge is 0.325 e. The maximum Gasteiger partial charge on any atom is 0.257 e. The number of hydrogen-bond acceptors (Lipinski definition) is 4. The smallest absolute Gasteiger partial charge is 0.257 e. The first-order chi connectivity index (χ1) is 14.5. The van der Waals surface area contributed by atoms with E-state index in [1.807, 2.05) is 6.07 Å². The number of imide groups is 1. The number of nitrogens with zero attached hydrogens (tertiary/aromatic N) is 3. The Morgan fingerprint density at radius 1 is 1.10 bits per heavy atom. The molecular weight excluding hydrogens is 402 g/mol. The molecule has 1 aromatic heterocycles. The highest BCUT2D eigenvalue weighted by Gasteiger charge is 2.45. The molecule has 2 fully saturated rings. The highest BCUT2D eigenvalue weighted by atomic mass is 35.5. The predicted molar refractivity (Wildman–Crippen MR) is 114 cm³/mol. The van der Waals surface area contributed by atoms with Crippen molar-refractivity contribution >= 4 is 35.0 Å². The second-order valence-electron chi connectivity index (χ2n) is 7.93. The van der Waals surface area contributed by atoms with E-state index in [4.69, 9.17) is 11.6 Å². The Balaban J connectivity index is 1.62. The molecule has 1 atom stereocenters. The van der Waals surface area contributed by atoms with E-state index in [2.05, 4.69) is 4.98 Å². The lowest BCUT2D eigenvalue weighted by molar-refractivity contribution is -0.143. The second-order valence-corrected chi connectivity index (χ2v) is 8.36. The van der Waals surface area contributed by atoms with Gasteiger partial charge in [-0.1, -0.05) is 36.9 Å². The summed E-state index contributed by atoms with van der Waals surface area (Å²) in [5, 5.41) is 0.528. The van der Waals surface area contributed by atoms with Gasteiger partial charge in [0, 0.05) is 29.9 Å². The summed E-state index contributed by atoms with van der Waals surface area (Å²) in [4.78, 5) is 46.4. The molecule has 1 aromatic carbocycles. The zero-order valence-corrected chi connectivity index (χ0v) is 17.4. The first-order valence-corrected chi connectivity index (χ1v) is 10.7. The standard InChI is InChI=1S/C23H24ClN3O3/c24-18-8-10-19(11-9-18)27-21(28)13-20(23(27)30)26(15-16-5-4-12-25-14-16)22(29)17-6-2-1-3-7-17/h4-5,8-12,14,17,20H,1-3,6-7,13,15H2. The highest BCUT2D eigenvalue weighted by molar-refractivity contribution is 6.30. The molecule has 1 aliphatic carbocycles. The number of pyridine rings is 1. The molecule has 156 valence electrons. The molecule has 0 bridgehead atoms. The van der Waals surface area contributed by atoms with Crippen LogP contribution in [0.25, 0.3) is 0 Å². The molecule has 4 rings (SSSR count). The number of amides is 3. The van der Waals surface area contributed by atoms with Gasteiger partial charge < -0.3 is 4.90 Å². The summed E-state index contributed by atoms with van der Waals surface area (Å²) >= 11 is 5.94. The van der Waals surface area contributed by atoms with Gasteiger partial charge in [-0.05, 0) is 48.7 Å². The Hall–Kier alpha value is -2.73. The minimum absolute atomic E-state index is 0.0137. The first-order valence-electron chi connectivity index (χ1n) is 10.4. The summed E-state index contributed by atoms with van der Waals surface area (Å²) in [5.41, 5.74) is 1.31. The van der Waals surface area contributed by atoms with Gasteiger partial charge in [0.2, 0.25) is 11.8 Å². The number of benzene rings is 1. The van der Waals surface area contributed by atoms with Crippen LogP contribution in [0, 0.1) is 5.92 Å². The average molecular weight is 426 g/mol. The second kappa shape index (κ2) is 8.96. The van der Waals surface area contributed by atoms with Crippen LogP contribution in [-0.2, 0) is 20.9 Å². The molecule has 7 heteroatoms. The Morgan fingerprint density at radius 3 is 2.50 bits per heavy atom. The maximum absolute atomic E-state index is 13.4. The number of rotatable bonds is 5. The lowest BCUT2D eigenvalue weighted by Crippen LogP contribution is -2.47. The van der Waals surface area contributed by atoms with Gasteiger partial charge >= 0.3 is 0 Å². The quantitative estimate of drug-likeness (QED) is 0.679. The van der Waals surface area contributed by atoms with E-state index in [0.717, 1.165) is 37.7 Å². The van der Waals surface area contributed by atoms with Gasteiger partial charge in [-0.3, -0.25) is 19.4 Å². The monoisotopic (exact) mass is 425 g/mol. The number of carbonyl (C=O) groups is 3. The Kier molecular flexibility index (Phi) is 6.13.